The van der Waals surface area contributed by atoms with E-state index in [1.807, 2.05) is 55.5 Å². The summed E-state index contributed by atoms with van der Waals surface area (Å²) in [4.78, 5) is 28.6. The first kappa shape index (κ1) is 24.1. The van der Waals surface area contributed by atoms with Crippen LogP contribution in [0.15, 0.2) is 78.9 Å². The van der Waals surface area contributed by atoms with E-state index in [0.29, 0.717) is 31.3 Å². The number of esters is 1. The first-order valence-electron chi connectivity index (χ1n) is 13.1. The first-order chi connectivity index (χ1) is 17.6. The molecule has 0 aliphatic heterocycles. The third-order valence-corrected chi connectivity index (χ3v) is 7.43. The molecule has 2 unspecified atom stereocenters. The first-order valence-corrected chi connectivity index (χ1v) is 13.1. The predicted octanol–water partition coefficient (Wildman–Crippen LogP) is 7.83. The molecule has 4 aromatic rings. The van der Waals surface area contributed by atoms with Crippen molar-refractivity contribution in [1.82, 2.24) is 4.98 Å². The third kappa shape index (κ3) is 5.28. The van der Waals surface area contributed by atoms with Gasteiger partial charge in [-0.25, -0.2) is 0 Å². The Kier molecular flexibility index (Phi) is 7.31. The number of ether oxygens (including phenoxy) is 1. The lowest BCUT2D eigenvalue weighted by molar-refractivity contribution is -0.146. The molecule has 0 radical (unpaired) electrons. The van der Waals surface area contributed by atoms with Crippen molar-refractivity contribution in [3.8, 4) is 11.3 Å². The van der Waals surface area contributed by atoms with Crippen LogP contribution in [0.25, 0.3) is 22.2 Å². The normalized spacial score (nSPS) is 17.7. The summed E-state index contributed by atoms with van der Waals surface area (Å²) < 4.78 is 5.59. The van der Waals surface area contributed by atoms with Crippen molar-refractivity contribution in [2.45, 2.75) is 58.0 Å². The summed E-state index contributed by atoms with van der Waals surface area (Å²) in [5, 5.41) is 1.18. The highest BCUT2D eigenvalue weighted by atomic mass is 16.5. The Morgan fingerprint density at radius 3 is 2.44 bits per heavy atom. The standard InChI is InChI=1S/C32H33NO3/c1-2-29(34)25-16-17-27-28(20-25)33-32(24-13-7-4-8-14-24)31(27)26-15-9-12-23(18-26)19-30(35)36-21-22-10-5-3-6-11-22/h3-8,10-11,13-14,16-17,20,23,26,33H,2,9,12,15,18-19,21H2,1H3. The second-order valence-corrected chi connectivity index (χ2v) is 9.90. The van der Waals surface area contributed by atoms with Crippen LogP contribution in [-0.2, 0) is 16.1 Å². The maximum Gasteiger partial charge on any atom is 0.306 e. The number of aromatic amines is 1. The Hall–Kier alpha value is -3.66. The maximum atomic E-state index is 12.6. The molecule has 1 aliphatic carbocycles. The highest BCUT2D eigenvalue weighted by Crippen LogP contribution is 2.44. The van der Waals surface area contributed by atoms with E-state index in [1.165, 1.54) is 10.9 Å². The number of fused-ring (bicyclic) bond motifs is 1. The number of hydrogen-bond donors (Lipinski definition) is 1. The summed E-state index contributed by atoms with van der Waals surface area (Å²) in [6.07, 6.45) is 5.15. The van der Waals surface area contributed by atoms with Crippen molar-refractivity contribution in [2.24, 2.45) is 5.92 Å². The number of benzene rings is 3. The second kappa shape index (κ2) is 10.9. The summed E-state index contributed by atoms with van der Waals surface area (Å²) in [6, 6.07) is 26.3. The molecular weight excluding hydrogens is 446 g/mol. The van der Waals surface area contributed by atoms with Crippen LogP contribution in [0.1, 0.15) is 72.9 Å². The summed E-state index contributed by atoms with van der Waals surface area (Å²) in [7, 11) is 0. The number of hydrogen-bond acceptors (Lipinski definition) is 3. The Labute approximate surface area is 212 Å². The van der Waals surface area contributed by atoms with Crippen LogP contribution in [0.5, 0.6) is 0 Å². The van der Waals surface area contributed by atoms with Gasteiger partial charge in [0, 0.05) is 35.0 Å². The SMILES string of the molecule is CCC(=O)c1ccc2c(C3CCCC(CC(=O)OCc4ccccc4)C3)c(-c3ccccc3)[nH]c2c1. The van der Waals surface area contributed by atoms with E-state index in [4.69, 9.17) is 4.74 Å². The number of ketones is 1. The van der Waals surface area contributed by atoms with Gasteiger partial charge in [-0.2, -0.15) is 0 Å². The highest BCUT2D eigenvalue weighted by Gasteiger charge is 2.29. The molecular formula is C32H33NO3. The molecule has 0 amide bonds. The lowest BCUT2D eigenvalue weighted by Crippen LogP contribution is -2.19. The van der Waals surface area contributed by atoms with Gasteiger partial charge in [0.25, 0.3) is 0 Å². The zero-order chi connectivity index (χ0) is 24.9. The molecule has 5 rings (SSSR count). The molecule has 0 bridgehead atoms. The number of Topliss-reactive ketones (excluding diaryl/α,β-unsaturated/α-hetero) is 1. The van der Waals surface area contributed by atoms with Gasteiger partial charge in [-0.05, 0) is 53.9 Å². The quantitative estimate of drug-likeness (QED) is 0.207. The van der Waals surface area contributed by atoms with E-state index >= 15 is 0 Å². The molecule has 1 saturated carbocycles. The molecule has 4 nitrogen and oxygen atoms in total. The fourth-order valence-electron chi connectivity index (χ4n) is 5.62. The van der Waals surface area contributed by atoms with Gasteiger partial charge in [-0.3, -0.25) is 9.59 Å². The molecule has 0 saturated heterocycles. The molecule has 1 heterocycles. The minimum absolute atomic E-state index is 0.116. The van der Waals surface area contributed by atoms with Crippen LogP contribution in [0.4, 0.5) is 0 Å². The number of aromatic nitrogens is 1. The molecule has 1 fully saturated rings. The Morgan fingerprint density at radius 2 is 1.69 bits per heavy atom. The zero-order valence-electron chi connectivity index (χ0n) is 20.8. The monoisotopic (exact) mass is 479 g/mol. The van der Waals surface area contributed by atoms with E-state index in [-0.39, 0.29) is 11.8 Å². The Bertz CT molecular complexity index is 1340. The third-order valence-electron chi connectivity index (χ3n) is 7.43. The molecule has 36 heavy (non-hydrogen) atoms. The van der Waals surface area contributed by atoms with Gasteiger partial charge in [0.15, 0.2) is 5.78 Å². The van der Waals surface area contributed by atoms with Gasteiger partial charge in [-0.1, -0.05) is 86.1 Å². The molecule has 1 N–H and O–H groups in total. The summed E-state index contributed by atoms with van der Waals surface area (Å²) in [6.45, 7) is 2.23. The van der Waals surface area contributed by atoms with Gasteiger partial charge in [0.2, 0.25) is 0 Å². The van der Waals surface area contributed by atoms with E-state index in [1.54, 1.807) is 0 Å². The molecule has 2 atom stereocenters. The minimum atomic E-state index is -0.116. The second-order valence-electron chi connectivity index (χ2n) is 9.90. The number of nitrogens with one attached hydrogen (secondary N) is 1. The number of carbonyl (C=O) groups excluding carboxylic acids is 2. The van der Waals surface area contributed by atoms with Gasteiger partial charge < -0.3 is 9.72 Å². The average Bonchev–Trinajstić information content (AvgIpc) is 3.31. The lowest BCUT2D eigenvalue weighted by Gasteiger charge is -2.29. The van der Waals surface area contributed by atoms with Gasteiger partial charge in [0.05, 0.1) is 0 Å². The van der Waals surface area contributed by atoms with E-state index in [2.05, 4.69) is 35.3 Å². The van der Waals surface area contributed by atoms with E-state index in [0.717, 1.165) is 53.6 Å². The highest BCUT2D eigenvalue weighted by molar-refractivity contribution is 6.01. The van der Waals surface area contributed by atoms with Crippen LogP contribution in [0.3, 0.4) is 0 Å². The van der Waals surface area contributed by atoms with Crippen LogP contribution < -0.4 is 0 Å². The van der Waals surface area contributed by atoms with Gasteiger partial charge >= 0.3 is 5.97 Å². The van der Waals surface area contributed by atoms with E-state index < -0.39 is 0 Å². The number of rotatable bonds is 8. The largest absolute Gasteiger partial charge is 0.461 e. The molecule has 184 valence electrons. The molecule has 4 heteroatoms. The molecule has 1 aromatic heterocycles. The number of carbonyl (C=O) groups is 2. The van der Waals surface area contributed by atoms with Crippen LogP contribution in [0, 0.1) is 5.92 Å². The van der Waals surface area contributed by atoms with Crippen LogP contribution in [-0.4, -0.2) is 16.7 Å². The molecule has 3 aromatic carbocycles. The predicted molar refractivity (Wildman–Crippen MR) is 144 cm³/mol. The maximum absolute atomic E-state index is 12.6. The molecule has 1 aliphatic rings. The van der Waals surface area contributed by atoms with Crippen molar-refractivity contribution in [3.05, 3.63) is 95.6 Å². The van der Waals surface area contributed by atoms with Crippen molar-refractivity contribution < 1.29 is 14.3 Å². The van der Waals surface area contributed by atoms with Crippen molar-refractivity contribution in [3.63, 3.8) is 0 Å². The van der Waals surface area contributed by atoms with Crippen LogP contribution in [0.2, 0.25) is 0 Å². The Balaban J connectivity index is 1.39. The molecule has 0 spiro atoms. The number of H-pyrrole nitrogens is 1. The van der Waals surface area contributed by atoms with E-state index in [9.17, 15) is 9.59 Å². The van der Waals surface area contributed by atoms with Crippen molar-refractivity contribution in [2.75, 3.05) is 0 Å². The summed E-state index contributed by atoms with van der Waals surface area (Å²) in [5.74, 6) is 0.694. The lowest BCUT2D eigenvalue weighted by atomic mass is 9.75. The minimum Gasteiger partial charge on any atom is -0.461 e. The zero-order valence-corrected chi connectivity index (χ0v) is 20.8. The van der Waals surface area contributed by atoms with Crippen molar-refractivity contribution >= 4 is 22.7 Å². The van der Waals surface area contributed by atoms with Gasteiger partial charge in [-0.15, -0.1) is 0 Å². The summed E-state index contributed by atoms with van der Waals surface area (Å²) >= 11 is 0. The Morgan fingerprint density at radius 1 is 0.944 bits per heavy atom. The summed E-state index contributed by atoms with van der Waals surface area (Å²) in [5.41, 5.74) is 6.36. The average molecular weight is 480 g/mol. The fraction of sp³-hybridized carbons (Fsp3) is 0.312. The smallest absolute Gasteiger partial charge is 0.306 e. The van der Waals surface area contributed by atoms with Crippen molar-refractivity contribution in [1.29, 1.82) is 0 Å². The van der Waals surface area contributed by atoms with Gasteiger partial charge in [0.1, 0.15) is 6.61 Å². The topological polar surface area (TPSA) is 59.2 Å². The van der Waals surface area contributed by atoms with Crippen LogP contribution >= 0.6 is 0 Å². The fourth-order valence-corrected chi connectivity index (χ4v) is 5.62.